The molecule has 18 heavy (non-hydrogen) atoms. The number of carboxylic acid groups (broad SMARTS) is 1. The summed E-state index contributed by atoms with van der Waals surface area (Å²) in [5, 5.41) is 9.58. The topological polar surface area (TPSA) is 37.3 Å². The SMILES string of the molecule is CCCCCC1(C(=O)O)CCC(C(C)(C)C)CC1. The molecule has 1 saturated carbocycles. The fraction of sp³-hybridized carbons (Fsp3) is 0.938. The number of hydrogen-bond acceptors (Lipinski definition) is 1. The van der Waals surface area contributed by atoms with E-state index in [-0.39, 0.29) is 0 Å². The Morgan fingerprint density at radius 1 is 1.22 bits per heavy atom. The summed E-state index contributed by atoms with van der Waals surface area (Å²) in [5.74, 6) is 0.141. The molecular formula is C16H30O2. The van der Waals surface area contributed by atoms with E-state index in [1.54, 1.807) is 0 Å². The lowest BCUT2D eigenvalue weighted by Gasteiger charge is -2.42. The van der Waals surface area contributed by atoms with Crippen LogP contribution < -0.4 is 0 Å². The molecule has 0 aromatic heterocycles. The van der Waals surface area contributed by atoms with Gasteiger partial charge in [-0.3, -0.25) is 4.79 Å². The van der Waals surface area contributed by atoms with E-state index in [0.29, 0.717) is 11.3 Å². The fourth-order valence-electron chi connectivity index (χ4n) is 3.32. The molecule has 1 N–H and O–H groups in total. The Kier molecular flexibility index (Phi) is 5.24. The lowest BCUT2D eigenvalue weighted by molar-refractivity contribution is -0.153. The number of aliphatic carboxylic acids is 1. The first-order valence-corrected chi connectivity index (χ1v) is 7.55. The zero-order valence-electron chi connectivity index (χ0n) is 12.6. The summed E-state index contributed by atoms with van der Waals surface area (Å²) in [7, 11) is 0. The van der Waals surface area contributed by atoms with Crippen LogP contribution in [-0.2, 0) is 4.79 Å². The molecule has 0 saturated heterocycles. The zero-order valence-corrected chi connectivity index (χ0v) is 12.6. The van der Waals surface area contributed by atoms with Crippen LogP contribution in [0.15, 0.2) is 0 Å². The highest BCUT2D eigenvalue weighted by Gasteiger charge is 2.43. The van der Waals surface area contributed by atoms with Crippen LogP contribution in [-0.4, -0.2) is 11.1 Å². The Morgan fingerprint density at radius 3 is 2.17 bits per heavy atom. The van der Waals surface area contributed by atoms with Gasteiger partial charge in [0.2, 0.25) is 0 Å². The third-order valence-corrected chi connectivity index (χ3v) is 4.88. The maximum Gasteiger partial charge on any atom is 0.309 e. The molecule has 0 heterocycles. The molecule has 0 aliphatic heterocycles. The average Bonchev–Trinajstić information content (AvgIpc) is 2.28. The predicted molar refractivity (Wildman–Crippen MR) is 75.6 cm³/mol. The monoisotopic (exact) mass is 254 g/mol. The van der Waals surface area contributed by atoms with E-state index < -0.39 is 11.4 Å². The van der Waals surface area contributed by atoms with Crippen LogP contribution in [0.5, 0.6) is 0 Å². The standard InChI is InChI=1S/C16H30O2/c1-5-6-7-10-16(14(17)18)11-8-13(9-12-16)15(2,3)4/h13H,5-12H2,1-4H3,(H,17,18). The van der Waals surface area contributed by atoms with Crippen molar-refractivity contribution in [2.75, 3.05) is 0 Å². The van der Waals surface area contributed by atoms with Gasteiger partial charge in [-0.15, -0.1) is 0 Å². The normalized spacial score (nSPS) is 29.2. The molecule has 1 rings (SSSR count). The van der Waals surface area contributed by atoms with E-state index in [1.165, 1.54) is 6.42 Å². The van der Waals surface area contributed by atoms with Gasteiger partial charge in [-0.2, -0.15) is 0 Å². The number of unbranched alkanes of at least 4 members (excludes halogenated alkanes) is 2. The summed E-state index contributed by atoms with van der Waals surface area (Å²) < 4.78 is 0. The molecule has 0 spiro atoms. The van der Waals surface area contributed by atoms with E-state index >= 15 is 0 Å². The largest absolute Gasteiger partial charge is 0.481 e. The molecule has 0 aromatic rings. The Balaban J connectivity index is 2.60. The third-order valence-electron chi connectivity index (χ3n) is 4.88. The third kappa shape index (κ3) is 3.73. The molecule has 2 heteroatoms. The second-order valence-electron chi connectivity index (χ2n) is 7.18. The Bertz CT molecular complexity index is 267. The summed E-state index contributed by atoms with van der Waals surface area (Å²) in [6, 6.07) is 0. The van der Waals surface area contributed by atoms with Gasteiger partial charge in [0.15, 0.2) is 0 Å². The van der Waals surface area contributed by atoms with Crippen LogP contribution >= 0.6 is 0 Å². The first kappa shape index (κ1) is 15.5. The molecule has 1 aliphatic carbocycles. The minimum absolute atomic E-state index is 0.327. The highest BCUT2D eigenvalue weighted by molar-refractivity contribution is 5.74. The van der Waals surface area contributed by atoms with Crippen molar-refractivity contribution in [2.24, 2.45) is 16.7 Å². The van der Waals surface area contributed by atoms with Gasteiger partial charge in [-0.1, -0.05) is 47.0 Å². The first-order chi connectivity index (χ1) is 8.32. The Morgan fingerprint density at radius 2 is 1.78 bits per heavy atom. The second-order valence-corrected chi connectivity index (χ2v) is 7.18. The van der Waals surface area contributed by atoms with Gasteiger partial charge in [-0.05, 0) is 43.4 Å². The van der Waals surface area contributed by atoms with Gasteiger partial charge in [0, 0.05) is 0 Å². The molecule has 0 amide bonds. The summed E-state index contributed by atoms with van der Waals surface area (Å²) in [6.07, 6.45) is 8.22. The molecule has 1 aliphatic rings. The maximum atomic E-state index is 11.6. The van der Waals surface area contributed by atoms with E-state index in [9.17, 15) is 9.90 Å². The molecule has 0 aromatic carbocycles. The minimum atomic E-state index is -0.550. The van der Waals surface area contributed by atoms with Crippen LogP contribution in [0, 0.1) is 16.7 Å². The summed E-state index contributed by atoms with van der Waals surface area (Å²) >= 11 is 0. The molecule has 106 valence electrons. The predicted octanol–water partition coefficient (Wildman–Crippen LogP) is 4.87. The Hall–Kier alpha value is -0.530. The van der Waals surface area contributed by atoms with Gasteiger partial charge in [0.25, 0.3) is 0 Å². The van der Waals surface area contributed by atoms with Gasteiger partial charge in [0.05, 0.1) is 5.41 Å². The zero-order chi connectivity index (χ0) is 13.8. The number of carboxylic acids is 1. The van der Waals surface area contributed by atoms with Crippen molar-refractivity contribution in [1.29, 1.82) is 0 Å². The highest BCUT2D eigenvalue weighted by Crippen LogP contribution is 2.47. The Labute approximate surface area is 112 Å². The molecule has 2 nitrogen and oxygen atoms in total. The summed E-state index contributed by atoms with van der Waals surface area (Å²) in [6.45, 7) is 9.01. The number of carbonyl (C=O) groups is 1. The number of rotatable bonds is 5. The highest BCUT2D eigenvalue weighted by atomic mass is 16.4. The fourth-order valence-corrected chi connectivity index (χ4v) is 3.32. The van der Waals surface area contributed by atoms with Crippen LogP contribution in [0.25, 0.3) is 0 Å². The van der Waals surface area contributed by atoms with E-state index in [0.717, 1.165) is 44.9 Å². The molecule has 0 bridgehead atoms. The average molecular weight is 254 g/mol. The van der Waals surface area contributed by atoms with Crippen LogP contribution in [0.4, 0.5) is 0 Å². The molecule has 0 radical (unpaired) electrons. The van der Waals surface area contributed by atoms with Gasteiger partial charge >= 0.3 is 5.97 Å². The molecule has 0 atom stereocenters. The molecular weight excluding hydrogens is 224 g/mol. The van der Waals surface area contributed by atoms with E-state index in [4.69, 9.17) is 0 Å². The summed E-state index contributed by atoms with van der Waals surface area (Å²) in [5.41, 5.74) is -0.0784. The van der Waals surface area contributed by atoms with Crippen LogP contribution in [0.1, 0.15) is 79.1 Å². The van der Waals surface area contributed by atoms with Gasteiger partial charge < -0.3 is 5.11 Å². The minimum Gasteiger partial charge on any atom is -0.481 e. The van der Waals surface area contributed by atoms with Crippen molar-refractivity contribution in [2.45, 2.75) is 79.1 Å². The van der Waals surface area contributed by atoms with E-state index in [1.807, 2.05) is 0 Å². The number of hydrogen-bond donors (Lipinski definition) is 1. The lowest BCUT2D eigenvalue weighted by Crippen LogP contribution is -2.38. The maximum absolute atomic E-state index is 11.6. The van der Waals surface area contributed by atoms with Crippen LogP contribution in [0.3, 0.4) is 0 Å². The quantitative estimate of drug-likeness (QED) is 0.710. The second kappa shape index (κ2) is 6.08. The van der Waals surface area contributed by atoms with Crippen molar-refractivity contribution in [3.8, 4) is 0 Å². The van der Waals surface area contributed by atoms with Crippen LogP contribution in [0.2, 0.25) is 0 Å². The van der Waals surface area contributed by atoms with Crippen molar-refractivity contribution in [1.82, 2.24) is 0 Å². The van der Waals surface area contributed by atoms with Crippen molar-refractivity contribution in [3.05, 3.63) is 0 Å². The first-order valence-electron chi connectivity index (χ1n) is 7.55. The molecule has 1 fully saturated rings. The lowest BCUT2D eigenvalue weighted by atomic mass is 9.62. The summed E-state index contributed by atoms with van der Waals surface area (Å²) in [4.78, 5) is 11.6. The van der Waals surface area contributed by atoms with E-state index in [2.05, 4.69) is 27.7 Å². The molecule has 0 unspecified atom stereocenters. The van der Waals surface area contributed by atoms with Crippen molar-refractivity contribution < 1.29 is 9.90 Å². The van der Waals surface area contributed by atoms with Gasteiger partial charge in [0.1, 0.15) is 0 Å². The van der Waals surface area contributed by atoms with Crippen molar-refractivity contribution in [3.63, 3.8) is 0 Å². The van der Waals surface area contributed by atoms with Crippen molar-refractivity contribution >= 4 is 5.97 Å². The van der Waals surface area contributed by atoms with Gasteiger partial charge in [-0.25, -0.2) is 0 Å². The smallest absolute Gasteiger partial charge is 0.309 e.